The molecule has 1 saturated heterocycles. The number of hydrogen-bond donors (Lipinski definition) is 1. The molecule has 0 aliphatic carbocycles. The van der Waals surface area contributed by atoms with E-state index >= 15 is 0 Å². The Morgan fingerprint density at radius 1 is 1.42 bits per heavy atom. The Morgan fingerprint density at radius 2 is 2.16 bits per heavy atom. The standard InChI is InChI=1S/C16H25NO2/c1-6-12-7-8-14(18-5)13(9-12)15-11(2)17-16(3,4)10-19-15/h7-9,11,15,17H,6,10H2,1-5H3. The molecule has 3 nitrogen and oxygen atoms in total. The highest BCUT2D eigenvalue weighted by Gasteiger charge is 2.34. The summed E-state index contributed by atoms with van der Waals surface area (Å²) in [5, 5.41) is 3.61. The minimum atomic E-state index is 0.0333. The Morgan fingerprint density at radius 3 is 2.74 bits per heavy atom. The van der Waals surface area contributed by atoms with Gasteiger partial charge in [0.15, 0.2) is 0 Å². The maximum absolute atomic E-state index is 6.09. The van der Waals surface area contributed by atoms with Crippen molar-refractivity contribution < 1.29 is 9.47 Å². The van der Waals surface area contributed by atoms with Crippen LogP contribution in [0.1, 0.15) is 44.9 Å². The monoisotopic (exact) mass is 263 g/mol. The van der Waals surface area contributed by atoms with Crippen LogP contribution in [0, 0.1) is 0 Å². The van der Waals surface area contributed by atoms with Crippen molar-refractivity contribution in [2.75, 3.05) is 13.7 Å². The minimum Gasteiger partial charge on any atom is -0.496 e. The van der Waals surface area contributed by atoms with Crippen LogP contribution in [0.3, 0.4) is 0 Å². The summed E-state index contributed by atoms with van der Waals surface area (Å²) in [6.45, 7) is 9.38. The van der Waals surface area contributed by atoms with Crippen LogP contribution in [0.5, 0.6) is 5.75 Å². The molecule has 1 heterocycles. The van der Waals surface area contributed by atoms with Crippen LogP contribution >= 0.6 is 0 Å². The molecule has 106 valence electrons. The molecule has 0 radical (unpaired) electrons. The molecule has 2 unspecified atom stereocenters. The third kappa shape index (κ3) is 3.10. The molecule has 1 aliphatic heterocycles. The van der Waals surface area contributed by atoms with Gasteiger partial charge >= 0.3 is 0 Å². The molecular weight excluding hydrogens is 238 g/mol. The van der Waals surface area contributed by atoms with Crippen LogP contribution < -0.4 is 10.1 Å². The Kier molecular flexibility index (Phi) is 4.16. The summed E-state index contributed by atoms with van der Waals surface area (Å²) in [5.74, 6) is 0.913. The van der Waals surface area contributed by atoms with Crippen molar-refractivity contribution in [1.82, 2.24) is 5.32 Å². The van der Waals surface area contributed by atoms with Gasteiger partial charge in [-0.2, -0.15) is 0 Å². The average molecular weight is 263 g/mol. The molecule has 1 aromatic rings. The summed E-state index contributed by atoms with van der Waals surface area (Å²) in [6, 6.07) is 6.64. The molecule has 19 heavy (non-hydrogen) atoms. The van der Waals surface area contributed by atoms with E-state index in [4.69, 9.17) is 9.47 Å². The normalized spacial score (nSPS) is 26.2. The Labute approximate surface area is 116 Å². The van der Waals surface area contributed by atoms with Crippen LogP contribution in [0.4, 0.5) is 0 Å². The maximum Gasteiger partial charge on any atom is 0.124 e. The maximum atomic E-state index is 6.09. The summed E-state index contributed by atoms with van der Waals surface area (Å²) in [6.07, 6.45) is 1.08. The lowest BCUT2D eigenvalue weighted by molar-refractivity contribution is -0.0504. The number of hydrogen-bond acceptors (Lipinski definition) is 3. The van der Waals surface area contributed by atoms with E-state index in [-0.39, 0.29) is 17.7 Å². The second-order valence-corrected chi connectivity index (χ2v) is 5.98. The van der Waals surface area contributed by atoms with Crippen LogP contribution in [-0.2, 0) is 11.2 Å². The number of morpholine rings is 1. The highest BCUT2D eigenvalue weighted by atomic mass is 16.5. The summed E-state index contributed by atoms with van der Waals surface area (Å²) >= 11 is 0. The van der Waals surface area contributed by atoms with E-state index in [1.54, 1.807) is 7.11 Å². The molecule has 1 fully saturated rings. The molecule has 2 atom stereocenters. The zero-order valence-corrected chi connectivity index (χ0v) is 12.6. The van der Waals surface area contributed by atoms with Crippen molar-refractivity contribution in [3.05, 3.63) is 29.3 Å². The van der Waals surface area contributed by atoms with Gasteiger partial charge in [0.25, 0.3) is 0 Å². The first kappa shape index (κ1) is 14.4. The smallest absolute Gasteiger partial charge is 0.124 e. The molecular formula is C16H25NO2. The van der Waals surface area contributed by atoms with Crippen LogP contribution in [-0.4, -0.2) is 25.3 Å². The summed E-state index contributed by atoms with van der Waals surface area (Å²) in [7, 11) is 1.72. The molecule has 0 aromatic heterocycles. The molecule has 2 rings (SSSR count). The topological polar surface area (TPSA) is 30.5 Å². The van der Waals surface area contributed by atoms with Crippen LogP contribution in [0.2, 0.25) is 0 Å². The van der Waals surface area contributed by atoms with E-state index in [0.717, 1.165) is 17.7 Å². The number of aryl methyl sites for hydroxylation is 1. The predicted octanol–water partition coefficient (Wildman–Crippen LogP) is 3.09. The number of methoxy groups -OCH3 is 1. The average Bonchev–Trinajstić information content (AvgIpc) is 2.37. The molecule has 1 aliphatic rings. The Balaban J connectivity index is 2.30. The molecule has 0 saturated carbocycles. The largest absolute Gasteiger partial charge is 0.496 e. The first-order chi connectivity index (χ1) is 8.96. The lowest BCUT2D eigenvalue weighted by atomic mass is 9.94. The zero-order chi connectivity index (χ0) is 14.0. The van der Waals surface area contributed by atoms with Crippen molar-refractivity contribution in [3.8, 4) is 5.75 Å². The third-order valence-electron chi connectivity index (χ3n) is 3.71. The zero-order valence-electron chi connectivity index (χ0n) is 12.6. The van der Waals surface area contributed by atoms with Crippen molar-refractivity contribution >= 4 is 0 Å². The summed E-state index contributed by atoms with van der Waals surface area (Å²) in [4.78, 5) is 0. The second kappa shape index (κ2) is 5.51. The number of nitrogens with one attached hydrogen (secondary N) is 1. The van der Waals surface area contributed by atoms with Gasteiger partial charge in [-0.05, 0) is 44.9 Å². The first-order valence-electron chi connectivity index (χ1n) is 7.03. The van der Waals surface area contributed by atoms with E-state index in [1.165, 1.54) is 5.56 Å². The van der Waals surface area contributed by atoms with Gasteiger partial charge in [-0.1, -0.05) is 13.0 Å². The summed E-state index contributed by atoms with van der Waals surface area (Å²) in [5.41, 5.74) is 2.50. The highest BCUT2D eigenvalue weighted by molar-refractivity contribution is 5.40. The fourth-order valence-electron chi connectivity index (χ4n) is 2.76. The van der Waals surface area contributed by atoms with Crippen LogP contribution in [0.25, 0.3) is 0 Å². The lowest BCUT2D eigenvalue weighted by Gasteiger charge is -2.41. The molecule has 1 N–H and O–H groups in total. The van der Waals surface area contributed by atoms with Crippen molar-refractivity contribution in [3.63, 3.8) is 0 Å². The quantitative estimate of drug-likeness (QED) is 0.909. The molecule has 0 amide bonds. The Hall–Kier alpha value is -1.06. The van der Waals surface area contributed by atoms with E-state index in [2.05, 4.69) is 45.1 Å². The van der Waals surface area contributed by atoms with Crippen LogP contribution in [0.15, 0.2) is 18.2 Å². The van der Waals surface area contributed by atoms with Crippen molar-refractivity contribution in [2.45, 2.75) is 51.8 Å². The van der Waals surface area contributed by atoms with E-state index in [9.17, 15) is 0 Å². The van der Waals surface area contributed by atoms with E-state index in [1.807, 2.05) is 6.07 Å². The fourth-order valence-corrected chi connectivity index (χ4v) is 2.76. The minimum absolute atomic E-state index is 0.0333. The molecule has 0 spiro atoms. The van der Waals surface area contributed by atoms with Gasteiger partial charge in [-0.25, -0.2) is 0 Å². The van der Waals surface area contributed by atoms with Gasteiger partial charge < -0.3 is 14.8 Å². The molecule has 3 heteroatoms. The number of rotatable bonds is 3. The van der Waals surface area contributed by atoms with Crippen molar-refractivity contribution in [2.24, 2.45) is 0 Å². The fraction of sp³-hybridized carbons (Fsp3) is 0.625. The SMILES string of the molecule is CCc1ccc(OC)c(C2OCC(C)(C)NC2C)c1. The summed E-state index contributed by atoms with van der Waals surface area (Å²) < 4.78 is 11.6. The van der Waals surface area contributed by atoms with Gasteiger partial charge in [-0.3, -0.25) is 0 Å². The first-order valence-corrected chi connectivity index (χ1v) is 7.03. The van der Waals surface area contributed by atoms with Gasteiger partial charge in [-0.15, -0.1) is 0 Å². The second-order valence-electron chi connectivity index (χ2n) is 5.98. The van der Waals surface area contributed by atoms with E-state index in [0.29, 0.717) is 6.61 Å². The van der Waals surface area contributed by atoms with Gasteiger partial charge in [0.1, 0.15) is 11.9 Å². The Bertz CT molecular complexity index is 442. The number of benzene rings is 1. The van der Waals surface area contributed by atoms with Crippen molar-refractivity contribution in [1.29, 1.82) is 0 Å². The third-order valence-corrected chi connectivity index (χ3v) is 3.71. The number of ether oxygens (including phenoxy) is 2. The lowest BCUT2D eigenvalue weighted by Crippen LogP contribution is -2.55. The highest BCUT2D eigenvalue weighted by Crippen LogP contribution is 2.34. The van der Waals surface area contributed by atoms with Gasteiger partial charge in [0.05, 0.1) is 13.7 Å². The van der Waals surface area contributed by atoms with Gasteiger partial charge in [0, 0.05) is 17.1 Å². The molecule has 0 bridgehead atoms. The van der Waals surface area contributed by atoms with Gasteiger partial charge in [0.2, 0.25) is 0 Å². The van der Waals surface area contributed by atoms with E-state index < -0.39 is 0 Å². The predicted molar refractivity (Wildman–Crippen MR) is 77.7 cm³/mol. The molecule has 1 aromatic carbocycles.